The minimum Gasteiger partial charge on any atom is -0.459 e. The molecule has 0 fully saturated rings. The molecule has 0 atom stereocenters. The van der Waals surface area contributed by atoms with Gasteiger partial charge in [0.2, 0.25) is 0 Å². The molecule has 0 aliphatic rings. The summed E-state index contributed by atoms with van der Waals surface area (Å²) in [5.74, 6) is -0.294. The number of carbonyl (C=O) groups excluding carboxylic acids is 1. The molecule has 3 aromatic rings. The van der Waals surface area contributed by atoms with Gasteiger partial charge in [0.1, 0.15) is 11.6 Å². The van der Waals surface area contributed by atoms with E-state index >= 15 is 0 Å². The summed E-state index contributed by atoms with van der Waals surface area (Å²) in [5.41, 5.74) is 2.33. The molecule has 0 aromatic carbocycles. The summed E-state index contributed by atoms with van der Waals surface area (Å²) in [6.45, 7) is 2.34. The zero-order valence-electron chi connectivity index (χ0n) is 13.3. The highest BCUT2D eigenvalue weighted by molar-refractivity contribution is 7.13. The molecule has 0 saturated carbocycles. The fourth-order valence-corrected chi connectivity index (χ4v) is 3.77. The van der Waals surface area contributed by atoms with E-state index in [2.05, 4.69) is 21.9 Å². The molecular formula is C17H17N3O2S2. The van der Waals surface area contributed by atoms with E-state index in [1.807, 2.05) is 29.0 Å². The fraction of sp³-hybridized carbons (Fsp3) is 0.294. The van der Waals surface area contributed by atoms with Crippen molar-refractivity contribution in [1.82, 2.24) is 15.0 Å². The maximum atomic E-state index is 12.0. The lowest BCUT2D eigenvalue weighted by Crippen LogP contribution is -2.08. The van der Waals surface area contributed by atoms with E-state index in [-0.39, 0.29) is 19.0 Å². The van der Waals surface area contributed by atoms with Gasteiger partial charge in [-0.1, -0.05) is 13.0 Å². The van der Waals surface area contributed by atoms with Gasteiger partial charge in [0, 0.05) is 17.0 Å². The molecule has 0 amide bonds. The van der Waals surface area contributed by atoms with Gasteiger partial charge in [-0.15, -0.1) is 22.7 Å². The highest BCUT2D eigenvalue weighted by atomic mass is 32.1. The third-order valence-corrected chi connectivity index (χ3v) is 5.08. The summed E-state index contributed by atoms with van der Waals surface area (Å²) in [7, 11) is 0. The quantitative estimate of drug-likeness (QED) is 0.599. The second-order valence-electron chi connectivity index (χ2n) is 5.18. The number of hydrogen-bond acceptors (Lipinski definition) is 7. The number of carbonyl (C=O) groups is 1. The lowest BCUT2D eigenvalue weighted by molar-refractivity contribution is -0.144. The van der Waals surface area contributed by atoms with E-state index in [0.717, 1.165) is 34.2 Å². The Kier molecular flexibility index (Phi) is 5.66. The van der Waals surface area contributed by atoms with Crippen LogP contribution in [0.3, 0.4) is 0 Å². The van der Waals surface area contributed by atoms with E-state index in [1.54, 1.807) is 17.5 Å². The molecule has 5 nitrogen and oxygen atoms in total. The molecule has 0 aliphatic carbocycles. The summed E-state index contributed by atoms with van der Waals surface area (Å²) in [4.78, 5) is 25.1. The second kappa shape index (κ2) is 8.12. The van der Waals surface area contributed by atoms with Crippen molar-refractivity contribution in [1.29, 1.82) is 0 Å². The Hall–Kier alpha value is -2.12. The van der Waals surface area contributed by atoms with E-state index in [0.29, 0.717) is 5.69 Å². The van der Waals surface area contributed by atoms with Crippen molar-refractivity contribution >= 4 is 28.6 Å². The fourth-order valence-electron chi connectivity index (χ4n) is 2.09. The molecule has 0 spiro atoms. The van der Waals surface area contributed by atoms with Gasteiger partial charge in [-0.05, 0) is 25.0 Å². The summed E-state index contributed by atoms with van der Waals surface area (Å²) in [6.07, 6.45) is 3.92. The number of esters is 1. The number of aryl methyl sites for hydroxylation is 1. The van der Waals surface area contributed by atoms with Crippen LogP contribution in [0, 0.1) is 0 Å². The third kappa shape index (κ3) is 4.46. The Morgan fingerprint density at radius 3 is 2.83 bits per heavy atom. The molecule has 0 saturated heterocycles. The Labute approximate surface area is 148 Å². The average Bonchev–Trinajstić information content (AvgIpc) is 3.24. The van der Waals surface area contributed by atoms with Crippen LogP contribution in [0.5, 0.6) is 0 Å². The van der Waals surface area contributed by atoms with Gasteiger partial charge in [0.15, 0.2) is 0 Å². The SMILES string of the molecule is CCCc1nc(COC(=O)Cc2csc(-c3ccccn3)n2)cs1. The first-order valence-electron chi connectivity index (χ1n) is 7.69. The first-order valence-corrected chi connectivity index (χ1v) is 9.45. The van der Waals surface area contributed by atoms with E-state index in [9.17, 15) is 4.79 Å². The number of nitrogens with zero attached hydrogens (tertiary/aromatic N) is 3. The molecule has 0 unspecified atom stereocenters. The third-order valence-electron chi connectivity index (χ3n) is 3.21. The molecule has 0 bridgehead atoms. The number of ether oxygens (including phenoxy) is 1. The van der Waals surface area contributed by atoms with Crippen molar-refractivity contribution in [2.75, 3.05) is 0 Å². The van der Waals surface area contributed by atoms with Gasteiger partial charge in [-0.2, -0.15) is 0 Å². The molecule has 7 heteroatoms. The second-order valence-corrected chi connectivity index (χ2v) is 6.98. The van der Waals surface area contributed by atoms with Crippen LogP contribution in [0.25, 0.3) is 10.7 Å². The van der Waals surface area contributed by atoms with Crippen molar-refractivity contribution in [3.63, 3.8) is 0 Å². The summed E-state index contributed by atoms with van der Waals surface area (Å²) >= 11 is 3.09. The first kappa shape index (κ1) is 16.7. The Bertz CT molecular complexity index is 799. The number of aromatic nitrogens is 3. The molecular weight excluding hydrogens is 342 g/mol. The van der Waals surface area contributed by atoms with Crippen LogP contribution in [0.15, 0.2) is 35.2 Å². The zero-order chi connectivity index (χ0) is 16.8. The van der Waals surface area contributed by atoms with Gasteiger partial charge >= 0.3 is 5.97 Å². The van der Waals surface area contributed by atoms with Crippen molar-refractivity contribution in [3.8, 4) is 10.7 Å². The van der Waals surface area contributed by atoms with Gasteiger partial charge in [-0.25, -0.2) is 9.97 Å². The van der Waals surface area contributed by atoms with Crippen LogP contribution in [0.2, 0.25) is 0 Å². The van der Waals surface area contributed by atoms with Gasteiger partial charge in [0.25, 0.3) is 0 Å². The van der Waals surface area contributed by atoms with E-state index in [1.165, 1.54) is 11.3 Å². The molecule has 0 aliphatic heterocycles. The smallest absolute Gasteiger partial charge is 0.312 e. The highest BCUT2D eigenvalue weighted by Crippen LogP contribution is 2.21. The van der Waals surface area contributed by atoms with E-state index in [4.69, 9.17) is 4.74 Å². The molecule has 3 rings (SSSR count). The van der Waals surface area contributed by atoms with Crippen molar-refractivity contribution < 1.29 is 9.53 Å². The molecule has 3 heterocycles. The zero-order valence-corrected chi connectivity index (χ0v) is 14.9. The predicted molar refractivity (Wildman–Crippen MR) is 95.0 cm³/mol. The first-order chi connectivity index (χ1) is 11.7. The lowest BCUT2D eigenvalue weighted by atomic mass is 10.3. The standard InChI is InChI=1S/C17H17N3O2S2/c1-2-5-15-19-13(11-23-15)9-22-16(21)8-12-10-24-17(20-12)14-6-3-4-7-18-14/h3-4,6-7,10-11H,2,5,8-9H2,1H3. The van der Waals surface area contributed by atoms with Crippen LogP contribution in [0.1, 0.15) is 29.7 Å². The molecule has 24 heavy (non-hydrogen) atoms. The summed E-state index contributed by atoms with van der Waals surface area (Å²) in [6, 6.07) is 5.68. The van der Waals surface area contributed by atoms with Gasteiger partial charge in [-0.3, -0.25) is 9.78 Å². The molecule has 0 radical (unpaired) electrons. The minimum atomic E-state index is -0.294. The predicted octanol–water partition coefficient (Wildman–Crippen LogP) is 3.90. The topological polar surface area (TPSA) is 65.0 Å². The number of thiazole rings is 2. The maximum absolute atomic E-state index is 12.0. The van der Waals surface area contributed by atoms with Crippen LogP contribution in [-0.2, 0) is 29.0 Å². The van der Waals surface area contributed by atoms with Crippen LogP contribution >= 0.6 is 22.7 Å². The summed E-state index contributed by atoms with van der Waals surface area (Å²) < 4.78 is 5.29. The van der Waals surface area contributed by atoms with Crippen molar-refractivity contribution in [2.24, 2.45) is 0 Å². The van der Waals surface area contributed by atoms with Gasteiger partial charge in [0.05, 0.1) is 28.5 Å². The Morgan fingerprint density at radius 1 is 1.17 bits per heavy atom. The van der Waals surface area contributed by atoms with Crippen molar-refractivity contribution in [3.05, 3.63) is 51.6 Å². The monoisotopic (exact) mass is 359 g/mol. The van der Waals surface area contributed by atoms with Crippen molar-refractivity contribution in [2.45, 2.75) is 32.8 Å². The van der Waals surface area contributed by atoms with Crippen LogP contribution < -0.4 is 0 Å². The average molecular weight is 359 g/mol. The normalized spacial score (nSPS) is 10.7. The highest BCUT2D eigenvalue weighted by Gasteiger charge is 2.11. The number of hydrogen-bond donors (Lipinski definition) is 0. The summed E-state index contributed by atoms with van der Waals surface area (Å²) in [5, 5.41) is 5.71. The number of rotatable bonds is 7. The van der Waals surface area contributed by atoms with E-state index < -0.39 is 0 Å². The largest absolute Gasteiger partial charge is 0.459 e. The molecule has 124 valence electrons. The van der Waals surface area contributed by atoms with Crippen LogP contribution in [-0.4, -0.2) is 20.9 Å². The Balaban J connectivity index is 1.52. The van der Waals surface area contributed by atoms with Gasteiger partial charge < -0.3 is 4.74 Å². The Morgan fingerprint density at radius 2 is 2.04 bits per heavy atom. The van der Waals surface area contributed by atoms with Crippen LogP contribution in [0.4, 0.5) is 0 Å². The maximum Gasteiger partial charge on any atom is 0.312 e. The number of pyridine rings is 1. The minimum absolute atomic E-state index is 0.162. The molecule has 3 aromatic heterocycles. The lowest BCUT2D eigenvalue weighted by Gasteiger charge is -2.01. The molecule has 0 N–H and O–H groups in total.